The highest BCUT2D eigenvalue weighted by Crippen LogP contribution is 2.32. The first kappa shape index (κ1) is 22.0. The zero-order valence-electron chi connectivity index (χ0n) is 19.2. The lowest BCUT2D eigenvalue weighted by Gasteiger charge is -2.38. The van der Waals surface area contributed by atoms with Gasteiger partial charge in [0.05, 0.1) is 24.8 Å². The van der Waals surface area contributed by atoms with E-state index >= 15 is 0 Å². The van der Waals surface area contributed by atoms with Crippen LogP contribution in [0.5, 0.6) is 0 Å². The predicted octanol–water partition coefficient (Wildman–Crippen LogP) is 2.21. The van der Waals surface area contributed by atoms with E-state index in [1.54, 1.807) is 6.92 Å². The Labute approximate surface area is 185 Å². The Kier molecular flexibility index (Phi) is 6.74. The zero-order valence-corrected chi connectivity index (χ0v) is 19.2. The van der Waals surface area contributed by atoms with Crippen LogP contribution in [0.15, 0.2) is 0 Å². The Morgan fingerprint density at radius 3 is 2.55 bits per heavy atom. The molecular weight excluding hydrogens is 392 g/mol. The quantitative estimate of drug-likeness (QED) is 0.792. The lowest BCUT2D eigenvalue weighted by Crippen LogP contribution is -2.46. The summed E-state index contributed by atoms with van der Waals surface area (Å²) in [5.74, 6) is 2.58. The molecule has 0 aromatic carbocycles. The van der Waals surface area contributed by atoms with Crippen molar-refractivity contribution in [3.05, 3.63) is 17.1 Å². The number of fused-ring (bicyclic) bond motifs is 1. The fourth-order valence-electron chi connectivity index (χ4n) is 5.06. The van der Waals surface area contributed by atoms with Gasteiger partial charge < -0.3 is 15.1 Å². The number of aromatic nitrogens is 2. The third-order valence-electron chi connectivity index (χ3n) is 7.12. The molecule has 1 aromatic rings. The van der Waals surface area contributed by atoms with Crippen LogP contribution in [0.4, 0.5) is 5.82 Å². The second kappa shape index (κ2) is 9.51. The summed E-state index contributed by atoms with van der Waals surface area (Å²) in [4.78, 5) is 41.0. The highest BCUT2D eigenvalue weighted by Gasteiger charge is 2.33. The maximum Gasteiger partial charge on any atom is 0.237 e. The van der Waals surface area contributed by atoms with Gasteiger partial charge in [0.2, 0.25) is 11.8 Å². The van der Waals surface area contributed by atoms with Crippen molar-refractivity contribution in [1.82, 2.24) is 24.7 Å². The fourth-order valence-corrected chi connectivity index (χ4v) is 5.06. The molecule has 2 fully saturated rings. The summed E-state index contributed by atoms with van der Waals surface area (Å²) in [6.07, 6.45) is 6.11. The molecule has 170 valence electrons. The standard InChI is InChI=1S/C23H36N6O2/c1-16-7-11-27(12-8-16)15-21(31)29-10-5-4-6-20(29)23-25-19-9-13-28(17(2)30)14-18(19)22(24-3)26-23/h16,20H,4-15H2,1-3H3,(H,24,25,26). The van der Waals surface area contributed by atoms with Gasteiger partial charge in [-0.3, -0.25) is 14.5 Å². The maximum atomic E-state index is 13.3. The fraction of sp³-hybridized carbons (Fsp3) is 0.739. The van der Waals surface area contributed by atoms with Crippen LogP contribution in [0.1, 0.15) is 69.1 Å². The summed E-state index contributed by atoms with van der Waals surface area (Å²) in [6.45, 7) is 8.43. The van der Waals surface area contributed by atoms with Crippen molar-refractivity contribution < 1.29 is 9.59 Å². The topological polar surface area (TPSA) is 81.7 Å². The number of nitrogens with one attached hydrogen (secondary N) is 1. The van der Waals surface area contributed by atoms with Gasteiger partial charge >= 0.3 is 0 Å². The van der Waals surface area contributed by atoms with Gasteiger partial charge in [0.1, 0.15) is 5.82 Å². The number of anilines is 1. The van der Waals surface area contributed by atoms with E-state index in [-0.39, 0.29) is 17.9 Å². The summed E-state index contributed by atoms with van der Waals surface area (Å²) < 4.78 is 0. The van der Waals surface area contributed by atoms with Gasteiger partial charge in [-0.2, -0.15) is 0 Å². The number of carbonyl (C=O) groups is 2. The molecule has 3 aliphatic rings. The van der Waals surface area contributed by atoms with Crippen molar-refractivity contribution in [3.63, 3.8) is 0 Å². The number of likely N-dealkylation sites (tertiary alicyclic amines) is 2. The van der Waals surface area contributed by atoms with E-state index in [0.29, 0.717) is 19.6 Å². The molecule has 8 heteroatoms. The van der Waals surface area contributed by atoms with Crippen LogP contribution in [0.2, 0.25) is 0 Å². The van der Waals surface area contributed by atoms with E-state index in [0.717, 1.165) is 74.1 Å². The molecule has 1 unspecified atom stereocenters. The second-order valence-electron chi connectivity index (χ2n) is 9.35. The summed E-state index contributed by atoms with van der Waals surface area (Å²) in [5, 5.41) is 3.21. The minimum Gasteiger partial charge on any atom is -0.373 e. The van der Waals surface area contributed by atoms with Crippen molar-refractivity contribution >= 4 is 17.6 Å². The summed E-state index contributed by atoms with van der Waals surface area (Å²) in [5.41, 5.74) is 2.01. The monoisotopic (exact) mass is 428 g/mol. The SMILES string of the molecule is CNc1nc(C2CCCCN2C(=O)CN2CCC(C)CC2)nc2c1CN(C(C)=O)CC2. The third-order valence-corrected chi connectivity index (χ3v) is 7.12. The molecule has 31 heavy (non-hydrogen) atoms. The van der Waals surface area contributed by atoms with E-state index < -0.39 is 0 Å². The highest BCUT2D eigenvalue weighted by molar-refractivity contribution is 5.79. The van der Waals surface area contributed by atoms with Gasteiger partial charge in [-0.1, -0.05) is 6.92 Å². The number of piperidine rings is 2. The molecule has 8 nitrogen and oxygen atoms in total. The van der Waals surface area contributed by atoms with Crippen LogP contribution in [-0.4, -0.2) is 76.3 Å². The van der Waals surface area contributed by atoms with Crippen LogP contribution in [0, 0.1) is 5.92 Å². The molecule has 2 amide bonds. The summed E-state index contributed by atoms with van der Waals surface area (Å²) in [6, 6.07) is -0.0619. The van der Waals surface area contributed by atoms with E-state index in [1.165, 1.54) is 12.8 Å². The Morgan fingerprint density at radius 2 is 1.84 bits per heavy atom. The van der Waals surface area contributed by atoms with Crippen LogP contribution >= 0.6 is 0 Å². The van der Waals surface area contributed by atoms with Crippen LogP contribution < -0.4 is 5.32 Å². The average Bonchev–Trinajstić information content (AvgIpc) is 2.79. The number of nitrogens with zero attached hydrogens (tertiary/aromatic N) is 5. The van der Waals surface area contributed by atoms with E-state index in [2.05, 4.69) is 17.1 Å². The molecule has 3 aliphatic heterocycles. The first-order valence-electron chi connectivity index (χ1n) is 11.8. The number of hydrogen-bond donors (Lipinski definition) is 1. The molecule has 1 N–H and O–H groups in total. The smallest absolute Gasteiger partial charge is 0.237 e. The van der Waals surface area contributed by atoms with Gasteiger partial charge in [-0.05, 0) is 51.1 Å². The van der Waals surface area contributed by atoms with Crippen molar-refractivity contribution in [2.24, 2.45) is 5.92 Å². The van der Waals surface area contributed by atoms with Crippen molar-refractivity contribution in [3.8, 4) is 0 Å². The first-order chi connectivity index (χ1) is 15.0. The normalized spacial score (nSPS) is 22.9. The zero-order chi connectivity index (χ0) is 22.0. The van der Waals surface area contributed by atoms with Crippen LogP contribution in [-0.2, 0) is 22.6 Å². The maximum absolute atomic E-state index is 13.3. The van der Waals surface area contributed by atoms with Crippen LogP contribution in [0.25, 0.3) is 0 Å². The Hall–Kier alpha value is -2.22. The molecule has 1 aromatic heterocycles. The second-order valence-corrected chi connectivity index (χ2v) is 9.35. The molecular formula is C23H36N6O2. The van der Waals surface area contributed by atoms with Crippen molar-refractivity contribution in [2.75, 3.05) is 45.1 Å². The minimum absolute atomic E-state index is 0.0619. The Morgan fingerprint density at radius 1 is 1.06 bits per heavy atom. The predicted molar refractivity (Wildman–Crippen MR) is 120 cm³/mol. The number of carbonyl (C=O) groups excluding carboxylic acids is 2. The number of amides is 2. The lowest BCUT2D eigenvalue weighted by molar-refractivity contribution is -0.137. The molecule has 4 rings (SSSR count). The minimum atomic E-state index is -0.0619. The molecule has 0 radical (unpaired) electrons. The lowest BCUT2D eigenvalue weighted by atomic mass is 9.98. The Bertz CT molecular complexity index is 803. The molecule has 0 saturated carbocycles. The molecule has 0 aliphatic carbocycles. The summed E-state index contributed by atoms with van der Waals surface area (Å²) >= 11 is 0. The molecule has 0 spiro atoms. The van der Waals surface area contributed by atoms with Crippen LogP contribution in [0.3, 0.4) is 0 Å². The third kappa shape index (κ3) is 4.84. The van der Waals surface area contributed by atoms with Gasteiger partial charge in [0, 0.05) is 39.0 Å². The molecule has 2 saturated heterocycles. The number of rotatable bonds is 4. The first-order valence-corrected chi connectivity index (χ1v) is 11.8. The van der Waals surface area contributed by atoms with Gasteiger partial charge in [0.25, 0.3) is 0 Å². The van der Waals surface area contributed by atoms with Gasteiger partial charge in [-0.15, -0.1) is 0 Å². The average molecular weight is 429 g/mol. The summed E-state index contributed by atoms with van der Waals surface area (Å²) in [7, 11) is 1.86. The number of hydrogen-bond acceptors (Lipinski definition) is 6. The van der Waals surface area contributed by atoms with Gasteiger partial charge in [0.15, 0.2) is 5.82 Å². The highest BCUT2D eigenvalue weighted by atomic mass is 16.2. The van der Waals surface area contributed by atoms with E-state index in [1.807, 2.05) is 16.8 Å². The van der Waals surface area contributed by atoms with E-state index in [4.69, 9.17) is 9.97 Å². The largest absolute Gasteiger partial charge is 0.373 e. The van der Waals surface area contributed by atoms with Gasteiger partial charge in [-0.25, -0.2) is 9.97 Å². The molecule has 4 heterocycles. The van der Waals surface area contributed by atoms with E-state index in [9.17, 15) is 9.59 Å². The van der Waals surface area contributed by atoms with Crippen molar-refractivity contribution in [2.45, 2.75) is 65.0 Å². The van der Waals surface area contributed by atoms with Crippen molar-refractivity contribution in [1.29, 1.82) is 0 Å². The Balaban J connectivity index is 1.54. The molecule has 1 atom stereocenters. The molecule has 0 bridgehead atoms.